The van der Waals surface area contributed by atoms with Crippen molar-refractivity contribution >= 4 is 17.1 Å². The zero-order chi connectivity index (χ0) is 22.1. The van der Waals surface area contributed by atoms with Crippen LogP contribution in [0.3, 0.4) is 0 Å². The number of ether oxygens (including phenoxy) is 1. The summed E-state index contributed by atoms with van der Waals surface area (Å²) in [5, 5.41) is 3.33. The maximum Gasteiger partial charge on any atom is 0.332 e. The van der Waals surface area contributed by atoms with Gasteiger partial charge in [-0.15, -0.1) is 0 Å². The number of aromatic nitrogens is 4. The lowest BCUT2D eigenvalue weighted by Gasteiger charge is -2.12. The van der Waals surface area contributed by atoms with E-state index >= 15 is 0 Å². The summed E-state index contributed by atoms with van der Waals surface area (Å²) < 4.78 is 9.57. The van der Waals surface area contributed by atoms with Crippen LogP contribution in [-0.4, -0.2) is 25.8 Å². The van der Waals surface area contributed by atoms with Crippen molar-refractivity contribution in [2.24, 2.45) is 14.1 Å². The molecule has 2 aromatic carbocycles. The topological polar surface area (TPSA) is 83.1 Å². The van der Waals surface area contributed by atoms with Gasteiger partial charge < -0.3 is 10.1 Å². The van der Waals surface area contributed by atoms with Crippen LogP contribution in [0, 0.1) is 6.92 Å². The standard InChI is InChI=1S/C23H25N5O3/c1-15-6-5-7-17(12-15)14-28-19-20(26(2)23(30)27(3)21(19)29)25-22(28)24-13-16-8-10-18(31-4)11-9-16/h5-12H,13-14H2,1-4H3,(H,24,25). The van der Waals surface area contributed by atoms with E-state index < -0.39 is 5.69 Å². The van der Waals surface area contributed by atoms with E-state index in [-0.39, 0.29) is 5.56 Å². The van der Waals surface area contributed by atoms with Crippen LogP contribution in [0.15, 0.2) is 58.1 Å². The Morgan fingerprint density at radius 1 is 1.00 bits per heavy atom. The van der Waals surface area contributed by atoms with Crippen molar-refractivity contribution in [1.29, 1.82) is 0 Å². The van der Waals surface area contributed by atoms with Crippen LogP contribution < -0.4 is 21.3 Å². The maximum atomic E-state index is 13.0. The van der Waals surface area contributed by atoms with E-state index in [1.807, 2.05) is 54.0 Å². The summed E-state index contributed by atoms with van der Waals surface area (Å²) in [5.74, 6) is 1.32. The van der Waals surface area contributed by atoms with Crippen LogP contribution in [0.5, 0.6) is 5.75 Å². The first-order valence-electron chi connectivity index (χ1n) is 9.97. The van der Waals surface area contributed by atoms with Gasteiger partial charge in [0.05, 0.1) is 13.7 Å². The minimum Gasteiger partial charge on any atom is -0.497 e. The molecule has 0 fully saturated rings. The summed E-state index contributed by atoms with van der Waals surface area (Å²) in [6, 6.07) is 15.8. The summed E-state index contributed by atoms with van der Waals surface area (Å²) >= 11 is 0. The molecule has 0 aliphatic carbocycles. The first kappa shape index (κ1) is 20.5. The molecule has 4 aromatic rings. The van der Waals surface area contributed by atoms with Gasteiger partial charge >= 0.3 is 5.69 Å². The molecule has 0 aliphatic rings. The highest BCUT2D eigenvalue weighted by atomic mass is 16.5. The van der Waals surface area contributed by atoms with Crippen molar-refractivity contribution in [2.45, 2.75) is 20.0 Å². The fraction of sp³-hybridized carbons (Fsp3) is 0.261. The van der Waals surface area contributed by atoms with Gasteiger partial charge in [0.15, 0.2) is 11.2 Å². The summed E-state index contributed by atoms with van der Waals surface area (Å²) in [6.07, 6.45) is 0. The van der Waals surface area contributed by atoms with Crippen LogP contribution in [0.2, 0.25) is 0 Å². The fourth-order valence-electron chi connectivity index (χ4n) is 3.65. The zero-order valence-electron chi connectivity index (χ0n) is 18.0. The zero-order valence-corrected chi connectivity index (χ0v) is 18.0. The number of hydrogen-bond donors (Lipinski definition) is 1. The van der Waals surface area contributed by atoms with E-state index in [0.29, 0.717) is 30.2 Å². The van der Waals surface area contributed by atoms with Crippen molar-refractivity contribution in [3.8, 4) is 5.75 Å². The second-order valence-corrected chi connectivity index (χ2v) is 7.59. The number of nitrogens with one attached hydrogen (secondary N) is 1. The monoisotopic (exact) mass is 419 g/mol. The predicted molar refractivity (Wildman–Crippen MR) is 121 cm³/mol. The number of hydrogen-bond acceptors (Lipinski definition) is 5. The average molecular weight is 419 g/mol. The molecule has 31 heavy (non-hydrogen) atoms. The van der Waals surface area contributed by atoms with Gasteiger partial charge in [-0.3, -0.25) is 18.5 Å². The molecule has 4 rings (SSSR count). The predicted octanol–water partition coefficient (Wildman–Crippen LogP) is 2.41. The molecule has 0 atom stereocenters. The fourth-order valence-corrected chi connectivity index (χ4v) is 3.65. The number of benzene rings is 2. The van der Waals surface area contributed by atoms with Gasteiger partial charge in [-0.1, -0.05) is 42.0 Å². The van der Waals surface area contributed by atoms with Crippen LogP contribution in [-0.2, 0) is 27.2 Å². The average Bonchev–Trinajstić information content (AvgIpc) is 3.13. The maximum absolute atomic E-state index is 13.0. The van der Waals surface area contributed by atoms with Gasteiger partial charge in [-0.2, -0.15) is 4.98 Å². The Morgan fingerprint density at radius 2 is 1.74 bits per heavy atom. The number of rotatable bonds is 6. The summed E-state index contributed by atoms with van der Waals surface area (Å²) in [7, 11) is 4.74. The number of aryl methyl sites for hydroxylation is 2. The Morgan fingerprint density at radius 3 is 2.42 bits per heavy atom. The third-order valence-corrected chi connectivity index (χ3v) is 5.38. The van der Waals surface area contributed by atoms with Crippen molar-refractivity contribution in [2.75, 3.05) is 12.4 Å². The highest BCUT2D eigenvalue weighted by molar-refractivity contribution is 5.74. The first-order valence-corrected chi connectivity index (χ1v) is 9.97. The molecule has 1 N–H and O–H groups in total. The highest BCUT2D eigenvalue weighted by Crippen LogP contribution is 2.20. The van der Waals surface area contributed by atoms with Gasteiger partial charge in [0.2, 0.25) is 5.95 Å². The van der Waals surface area contributed by atoms with Gasteiger partial charge in [0, 0.05) is 20.6 Å². The third-order valence-electron chi connectivity index (χ3n) is 5.38. The molecule has 0 amide bonds. The number of anilines is 1. The molecule has 0 spiro atoms. The molecular weight excluding hydrogens is 394 g/mol. The lowest BCUT2D eigenvalue weighted by molar-refractivity contribution is 0.414. The molecule has 8 heteroatoms. The van der Waals surface area contributed by atoms with E-state index in [4.69, 9.17) is 4.74 Å². The molecule has 0 saturated carbocycles. The van der Waals surface area contributed by atoms with E-state index in [9.17, 15) is 9.59 Å². The molecule has 2 heterocycles. The van der Waals surface area contributed by atoms with Gasteiger partial charge in [0.25, 0.3) is 5.56 Å². The molecule has 0 aliphatic heterocycles. The Bertz CT molecular complexity index is 1360. The van der Waals surface area contributed by atoms with Crippen LogP contribution in [0.1, 0.15) is 16.7 Å². The van der Waals surface area contributed by atoms with Crippen LogP contribution >= 0.6 is 0 Å². The van der Waals surface area contributed by atoms with Crippen molar-refractivity contribution in [1.82, 2.24) is 18.7 Å². The Hall–Kier alpha value is -3.81. The molecule has 0 radical (unpaired) electrons. The third kappa shape index (κ3) is 3.84. The number of methoxy groups -OCH3 is 1. The minimum absolute atomic E-state index is 0.359. The summed E-state index contributed by atoms with van der Waals surface area (Å²) in [4.78, 5) is 30.0. The minimum atomic E-state index is -0.403. The second kappa shape index (κ2) is 8.14. The SMILES string of the molecule is COc1ccc(CNc2nc3c(c(=O)n(C)c(=O)n3C)n2Cc2cccc(C)c2)cc1. The number of fused-ring (bicyclic) bond motifs is 1. The molecule has 8 nitrogen and oxygen atoms in total. The largest absolute Gasteiger partial charge is 0.497 e. The number of imidazole rings is 1. The Balaban J connectivity index is 1.80. The molecule has 0 unspecified atom stereocenters. The summed E-state index contributed by atoms with van der Waals surface area (Å²) in [5.41, 5.74) is 3.20. The van der Waals surface area contributed by atoms with Crippen molar-refractivity contribution < 1.29 is 4.74 Å². The van der Waals surface area contributed by atoms with E-state index in [1.54, 1.807) is 14.2 Å². The second-order valence-electron chi connectivity index (χ2n) is 7.59. The van der Waals surface area contributed by atoms with Crippen LogP contribution in [0.25, 0.3) is 11.2 Å². The smallest absolute Gasteiger partial charge is 0.332 e. The Labute approximate surface area is 179 Å². The van der Waals surface area contributed by atoms with Gasteiger partial charge in [-0.05, 0) is 30.2 Å². The lowest BCUT2D eigenvalue weighted by Crippen LogP contribution is -2.37. The molecule has 2 aromatic heterocycles. The van der Waals surface area contributed by atoms with Gasteiger partial charge in [-0.25, -0.2) is 4.79 Å². The van der Waals surface area contributed by atoms with Crippen molar-refractivity contribution in [3.63, 3.8) is 0 Å². The molecular formula is C23H25N5O3. The van der Waals surface area contributed by atoms with Crippen LogP contribution in [0.4, 0.5) is 5.95 Å². The normalized spacial score (nSPS) is 11.1. The molecule has 0 saturated heterocycles. The highest BCUT2D eigenvalue weighted by Gasteiger charge is 2.19. The molecule has 0 bridgehead atoms. The van der Waals surface area contributed by atoms with Gasteiger partial charge in [0.1, 0.15) is 5.75 Å². The van der Waals surface area contributed by atoms with Crippen molar-refractivity contribution in [3.05, 3.63) is 86.1 Å². The van der Waals surface area contributed by atoms with E-state index in [2.05, 4.69) is 16.4 Å². The lowest BCUT2D eigenvalue weighted by atomic mass is 10.1. The number of nitrogens with zero attached hydrogens (tertiary/aromatic N) is 4. The molecule has 160 valence electrons. The van der Waals surface area contributed by atoms with E-state index in [1.165, 1.54) is 11.6 Å². The Kier molecular flexibility index (Phi) is 5.37. The summed E-state index contributed by atoms with van der Waals surface area (Å²) in [6.45, 7) is 2.99. The van der Waals surface area contributed by atoms with E-state index in [0.717, 1.165) is 27.0 Å². The quantitative estimate of drug-likeness (QED) is 0.519. The first-order chi connectivity index (χ1) is 14.9.